The zero-order valence-electron chi connectivity index (χ0n) is 11.9. The maximum Gasteiger partial charge on any atom is 0.0689 e. The predicted octanol–water partition coefficient (Wildman–Crippen LogP) is 3.49. The van der Waals surface area contributed by atoms with Crippen LogP contribution in [0.25, 0.3) is 0 Å². The molecular weight excluding hydrogens is 222 g/mol. The van der Waals surface area contributed by atoms with Crippen LogP contribution in [0.2, 0.25) is 0 Å². The number of ether oxygens (including phenoxy) is 1. The Bertz CT molecular complexity index is 345. The molecule has 0 aromatic heterocycles. The second kappa shape index (κ2) is 7.22. The molecule has 100 valence electrons. The number of nitrogens with zero attached hydrogens (tertiary/aromatic N) is 1. The van der Waals surface area contributed by atoms with Gasteiger partial charge >= 0.3 is 0 Å². The second-order valence-electron chi connectivity index (χ2n) is 5.21. The molecule has 0 radical (unpaired) electrons. The Labute approximate surface area is 111 Å². The molecule has 0 N–H and O–H groups in total. The van der Waals surface area contributed by atoms with E-state index in [0.29, 0.717) is 6.61 Å². The maximum atomic E-state index is 5.26. The van der Waals surface area contributed by atoms with Gasteiger partial charge in [0.15, 0.2) is 0 Å². The molecule has 0 unspecified atom stereocenters. The third-order valence-electron chi connectivity index (χ3n) is 3.20. The van der Waals surface area contributed by atoms with Gasteiger partial charge in [-0.3, -0.25) is 0 Å². The van der Waals surface area contributed by atoms with Crippen LogP contribution in [0.1, 0.15) is 25.8 Å². The second-order valence-corrected chi connectivity index (χ2v) is 5.21. The van der Waals surface area contributed by atoms with Crippen molar-refractivity contribution in [2.75, 3.05) is 20.3 Å². The quantitative estimate of drug-likeness (QED) is 0.697. The van der Waals surface area contributed by atoms with Gasteiger partial charge in [-0.25, -0.2) is 0 Å². The molecule has 0 aliphatic rings. The zero-order chi connectivity index (χ0) is 13.4. The molecule has 0 heterocycles. The summed E-state index contributed by atoms with van der Waals surface area (Å²) in [5, 5.41) is 0. The molecule has 18 heavy (non-hydrogen) atoms. The van der Waals surface area contributed by atoms with Crippen molar-refractivity contribution < 1.29 is 4.74 Å². The molecule has 2 nitrogen and oxygen atoms in total. The molecule has 0 aliphatic heterocycles. The molecule has 0 bridgehead atoms. The molecule has 1 aromatic rings. The van der Waals surface area contributed by atoms with E-state index in [4.69, 9.17) is 4.74 Å². The van der Waals surface area contributed by atoms with E-state index in [1.165, 1.54) is 5.56 Å². The van der Waals surface area contributed by atoms with E-state index >= 15 is 0 Å². The van der Waals surface area contributed by atoms with E-state index in [0.717, 1.165) is 19.4 Å². The molecule has 0 fully saturated rings. The lowest BCUT2D eigenvalue weighted by Crippen LogP contribution is -2.44. The lowest BCUT2D eigenvalue weighted by molar-refractivity contribution is 0.0631. The van der Waals surface area contributed by atoms with Crippen molar-refractivity contribution in [3.63, 3.8) is 0 Å². The Hall–Kier alpha value is -1.28. The summed E-state index contributed by atoms with van der Waals surface area (Å²) in [6, 6.07) is 10.6. The Morgan fingerprint density at radius 3 is 2.50 bits per heavy atom. The largest absolute Gasteiger partial charge is 0.382 e. The normalized spacial score (nSPS) is 11.3. The van der Waals surface area contributed by atoms with Crippen molar-refractivity contribution in [1.82, 2.24) is 4.90 Å². The van der Waals surface area contributed by atoms with Gasteiger partial charge < -0.3 is 9.64 Å². The first kappa shape index (κ1) is 14.8. The number of hydrogen-bond acceptors (Lipinski definition) is 2. The Kier molecular flexibility index (Phi) is 5.93. The summed E-state index contributed by atoms with van der Waals surface area (Å²) in [5.74, 6) is 0. The smallest absolute Gasteiger partial charge is 0.0689 e. The minimum atomic E-state index is 0.00713. The standard InChI is InChI=1S/C16H25NO/c1-5-17(16(2,3)14-18-4)13-9-12-15-10-7-6-8-11-15/h5-8,10-11H,1,9,12-14H2,2-4H3. The van der Waals surface area contributed by atoms with Gasteiger partial charge in [0, 0.05) is 13.7 Å². The van der Waals surface area contributed by atoms with E-state index in [1.54, 1.807) is 7.11 Å². The number of benzene rings is 1. The lowest BCUT2D eigenvalue weighted by Gasteiger charge is -2.37. The number of hydrogen-bond donors (Lipinski definition) is 0. The number of methoxy groups -OCH3 is 1. The summed E-state index contributed by atoms with van der Waals surface area (Å²) >= 11 is 0. The zero-order valence-corrected chi connectivity index (χ0v) is 11.9. The van der Waals surface area contributed by atoms with E-state index in [9.17, 15) is 0 Å². The number of rotatable bonds is 8. The monoisotopic (exact) mass is 247 g/mol. The van der Waals surface area contributed by atoms with Crippen LogP contribution < -0.4 is 0 Å². The molecule has 0 spiro atoms. The molecule has 0 saturated heterocycles. The molecule has 0 amide bonds. The summed E-state index contributed by atoms with van der Waals surface area (Å²) in [7, 11) is 1.74. The third kappa shape index (κ3) is 4.53. The summed E-state index contributed by atoms with van der Waals surface area (Å²) in [6.45, 7) is 9.99. The molecule has 0 aliphatic carbocycles. The summed E-state index contributed by atoms with van der Waals surface area (Å²) in [4.78, 5) is 2.26. The highest BCUT2D eigenvalue weighted by atomic mass is 16.5. The third-order valence-corrected chi connectivity index (χ3v) is 3.20. The van der Waals surface area contributed by atoms with Gasteiger partial charge in [0.05, 0.1) is 12.1 Å². The van der Waals surface area contributed by atoms with Gasteiger partial charge in [0.2, 0.25) is 0 Å². The van der Waals surface area contributed by atoms with Crippen LogP contribution in [0.15, 0.2) is 43.1 Å². The van der Waals surface area contributed by atoms with Gasteiger partial charge in [0.25, 0.3) is 0 Å². The van der Waals surface area contributed by atoms with Gasteiger partial charge in [-0.05, 0) is 38.5 Å². The van der Waals surface area contributed by atoms with Gasteiger partial charge in [-0.15, -0.1) is 0 Å². The summed E-state index contributed by atoms with van der Waals surface area (Å²) < 4.78 is 5.26. The van der Waals surface area contributed by atoms with Crippen LogP contribution in [0.5, 0.6) is 0 Å². The van der Waals surface area contributed by atoms with Crippen molar-refractivity contribution in [3.05, 3.63) is 48.7 Å². The van der Waals surface area contributed by atoms with Crippen molar-refractivity contribution in [1.29, 1.82) is 0 Å². The summed E-state index contributed by atoms with van der Waals surface area (Å²) in [6.07, 6.45) is 4.15. The van der Waals surface area contributed by atoms with Gasteiger partial charge in [-0.2, -0.15) is 0 Å². The predicted molar refractivity (Wildman–Crippen MR) is 77.6 cm³/mol. The Morgan fingerprint density at radius 2 is 1.94 bits per heavy atom. The average Bonchev–Trinajstić information content (AvgIpc) is 2.35. The molecule has 2 heteroatoms. The van der Waals surface area contributed by atoms with Crippen LogP contribution in [-0.4, -0.2) is 30.7 Å². The SMILES string of the molecule is C=CN(CCCc1ccccc1)C(C)(C)COC. The average molecular weight is 247 g/mol. The Balaban J connectivity index is 2.43. The van der Waals surface area contributed by atoms with Crippen LogP contribution in [-0.2, 0) is 11.2 Å². The minimum Gasteiger partial charge on any atom is -0.382 e. The first-order valence-electron chi connectivity index (χ1n) is 6.52. The topological polar surface area (TPSA) is 12.5 Å². The van der Waals surface area contributed by atoms with Gasteiger partial charge in [0.1, 0.15) is 0 Å². The summed E-state index contributed by atoms with van der Waals surface area (Å²) in [5.41, 5.74) is 1.40. The van der Waals surface area contributed by atoms with E-state index in [-0.39, 0.29) is 5.54 Å². The highest BCUT2D eigenvalue weighted by molar-refractivity contribution is 5.14. The first-order valence-corrected chi connectivity index (χ1v) is 6.52. The van der Waals surface area contributed by atoms with Crippen LogP contribution in [0.4, 0.5) is 0 Å². The van der Waals surface area contributed by atoms with Crippen molar-refractivity contribution in [3.8, 4) is 0 Å². The first-order chi connectivity index (χ1) is 8.60. The van der Waals surface area contributed by atoms with Gasteiger partial charge in [-0.1, -0.05) is 36.9 Å². The van der Waals surface area contributed by atoms with E-state index in [1.807, 2.05) is 6.20 Å². The minimum absolute atomic E-state index is 0.00713. The Morgan fingerprint density at radius 1 is 1.28 bits per heavy atom. The van der Waals surface area contributed by atoms with Crippen molar-refractivity contribution in [2.24, 2.45) is 0 Å². The van der Waals surface area contributed by atoms with Crippen molar-refractivity contribution in [2.45, 2.75) is 32.2 Å². The van der Waals surface area contributed by atoms with E-state index < -0.39 is 0 Å². The fraction of sp³-hybridized carbons (Fsp3) is 0.500. The van der Waals surface area contributed by atoms with Crippen molar-refractivity contribution >= 4 is 0 Å². The van der Waals surface area contributed by atoms with Crippen LogP contribution >= 0.6 is 0 Å². The fourth-order valence-corrected chi connectivity index (χ4v) is 2.18. The van der Waals surface area contributed by atoms with E-state index in [2.05, 4.69) is 55.7 Å². The molecule has 0 saturated carbocycles. The highest BCUT2D eigenvalue weighted by Crippen LogP contribution is 2.16. The fourth-order valence-electron chi connectivity index (χ4n) is 2.18. The molecular formula is C16H25NO. The lowest BCUT2D eigenvalue weighted by atomic mass is 10.0. The number of aryl methyl sites for hydroxylation is 1. The highest BCUT2D eigenvalue weighted by Gasteiger charge is 2.23. The molecule has 1 aromatic carbocycles. The molecule has 0 atom stereocenters. The maximum absolute atomic E-state index is 5.26. The van der Waals surface area contributed by atoms with Crippen LogP contribution in [0.3, 0.4) is 0 Å². The van der Waals surface area contributed by atoms with Crippen LogP contribution in [0, 0.1) is 0 Å². The molecule has 1 rings (SSSR count).